The number of carbonyl (C=O) groups excluding carboxylic acids is 1. The van der Waals surface area contributed by atoms with Crippen LogP contribution >= 0.6 is 0 Å². The van der Waals surface area contributed by atoms with E-state index < -0.39 is 0 Å². The fourth-order valence-corrected chi connectivity index (χ4v) is 1.35. The third kappa shape index (κ3) is 1.45. The van der Waals surface area contributed by atoms with E-state index in [-0.39, 0.29) is 5.91 Å². The molecule has 4 nitrogen and oxygen atoms in total. The molecule has 2 heterocycles. The molecule has 1 aliphatic rings. The van der Waals surface area contributed by atoms with Gasteiger partial charge >= 0.3 is 0 Å². The van der Waals surface area contributed by atoms with E-state index in [1.54, 1.807) is 13.0 Å². The maximum absolute atomic E-state index is 11.7. The topological polar surface area (TPSA) is 42.7 Å². The molecule has 0 atom stereocenters. The summed E-state index contributed by atoms with van der Waals surface area (Å²) in [6.07, 6.45) is 2.42. The van der Waals surface area contributed by atoms with Crippen molar-refractivity contribution >= 4 is 5.91 Å². The Morgan fingerprint density at radius 2 is 2.46 bits per heavy atom. The van der Waals surface area contributed by atoms with Gasteiger partial charge < -0.3 is 4.42 Å². The van der Waals surface area contributed by atoms with Crippen molar-refractivity contribution in [1.29, 1.82) is 0 Å². The molecule has 0 bridgehead atoms. The third-order valence-electron chi connectivity index (χ3n) is 2.07. The van der Waals surface area contributed by atoms with Crippen molar-refractivity contribution in [3.05, 3.63) is 23.7 Å². The van der Waals surface area contributed by atoms with E-state index >= 15 is 0 Å². The van der Waals surface area contributed by atoms with Gasteiger partial charge in [-0.1, -0.05) is 0 Å². The lowest BCUT2D eigenvalue weighted by Crippen LogP contribution is -2.26. The van der Waals surface area contributed by atoms with Gasteiger partial charge in [0.25, 0.3) is 5.91 Å². The van der Waals surface area contributed by atoms with Crippen LogP contribution in [0.1, 0.15) is 22.5 Å². The molecule has 4 heteroatoms. The molecule has 0 N–H and O–H groups in total. The first-order valence-electron chi connectivity index (χ1n) is 4.28. The van der Waals surface area contributed by atoms with E-state index in [0.717, 1.165) is 6.42 Å². The van der Waals surface area contributed by atoms with E-state index in [4.69, 9.17) is 9.25 Å². The molecular weight excluding hydrogens is 170 g/mol. The van der Waals surface area contributed by atoms with E-state index in [9.17, 15) is 4.79 Å². The number of aryl methyl sites for hydroxylation is 1. The summed E-state index contributed by atoms with van der Waals surface area (Å²) in [5, 5.41) is 1.39. The predicted octanol–water partition coefficient (Wildman–Crippen LogP) is 1.37. The van der Waals surface area contributed by atoms with Gasteiger partial charge in [-0.3, -0.25) is 9.63 Å². The molecule has 0 saturated carbocycles. The molecular formula is C9H11NO3. The molecule has 0 aliphatic carbocycles. The number of hydrogen-bond donors (Lipinski definition) is 0. The molecule has 0 aromatic carbocycles. The minimum absolute atomic E-state index is 0.108. The molecule has 2 rings (SSSR count). The van der Waals surface area contributed by atoms with Gasteiger partial charge in [-0.05, 0) is 19.4 Å². The van der Waals surface area contributed by atoms with Crippen molar-refractivity contribution in [2.24, 2.45) is 0 Å². The molecule has 1 aromatic rings. The predicted molar refractivity (Wildman–Crippen MR) is 45.1 cm³/mol. The van der Waals surface area contributed by atoms with Gasteiger partial charge in [0.1, 0.15) is 5.76 Å². The first-order valence-corrected chi connectivity index (χ1v) is 4.28. The summed E-state index contributed by atoms with van der Waals surface area (Å²) >= 11 is 0. The fraction of sp³-hybridized carbons (Fsp3) is 0.444. The summed E-state index contributed by atoms with van der Waals surface area (Å²) < 4.78 is 5.04. The zero-order valence-corrected chi connectivity index (χ0v) is 7.45. The molecule has 13 heavy (non-hydrogen) atoms. The van der Waals surface area contributed by atoms with Crippen LogP contribution in [-0.4, -0.2) is 24.1 Å². The number of rotatable bonds is 1. The summed E-state index contributed by atoms with van der Waals surface area (Å²) in [5.74, 6) is 0.532. The Labute approximate surface area is 76.0 Å². The van der Waals surface area contributed by atoms with E-state index in [0.29, 0.717) is 24.5 Å². The van der Waals surface area contributed by atoms with Crippen LogP contribution in [0.2, 0.25) is 0 Å². The lowest BCUT2D eigenvalue weighted by molar-refractivity contribution is -0.0769. The van der Waals surface area contributed by atoms with Gasteiger partial charge in [-0.2, -0.15) is 0 Å². The summed E-state index contributed by atoms with van der Waals surface area (Å²) in [6, 6.07) is 1.67. The van der Waals surface area contributed by atoms with Crippen molar-refractivity contribution < 1.29 is 14.0 Å². The minimum atomic E-state index is -0.108. The van der Waals surface area contributed by atoms with Crippen LogP contribution in [-0.2, 0) is 4.84 Å². The van der Waals surface area contributed by atoms with Crippen molar-refractivity contribution in [1.82, 2.24) is 5.06 Å². The summed E-state index contributed by atoms with van der Waals surface area (Å²) in [4.78, 5) is 16.8. The van der Waals surface area contributed by atoms with Crippen LogP contribution in [0.15, 0.2) is 16.7 Å². The number of nitrogens with zero attached hydrogens (tertiary/aromatic N) is 1. The van der Waals surface area contributed by atoms with Crippen LogP contribution in [0.5, 0.6) is 0 Å². The molecule has 0 radical (unpaired) electrons. The Hall–Kier alpha value is -1.29. The highest BCUT2D eigenvalue weighted by Crippen LogP contribution is 2.15. The highest BCUT2D eigenvalue weighted by Gasteiger charge is 2.23. The Bertz CT molecular complexity index is 312. The molecule has 1 aliphatic heterocycles. The van der Waals surface area contributed by atoms with Gasteiger partial charge in [0, 0.05) is 0 Å². The molecule has 0 unspecified atom stereocenters. The number of carbonyl (C=O) groups is 1. The van der Waals surface area contributed by atoms with Gasteiger partial charge in [-0.15, -0.1) is 0 Å². The van der Waals surface area contributed by atoms with Crippen LogP contribution in [0.4, 0.5) is 0 Å². The molecule has 1 saturated heterocycles. The van der Waals surface area contributed by atoms with Gasteiger partial charge in [0.2, 0.25) is 0 Å². The Morgan fingerprint density at radius 3 is 3.00 bits per heavy atom. The maximum atomic E-state index is 11.7. The van der Waals surface area contributed by atoms with Gasteiger partial charge in [0.15, 0.2) is 0 Å². The average molecular weight is 181 g/mol. The molecule has 1 aromatic heterocycles. The smallest absolute Gasteiger partial charge is 0.280 e. The van der Waals surface area contributed by atoms with Crippen LogP contribution < -0.4 is 0 Å². The largest absolute Gasteiger partial charge is 0.469 e. The minimum Gasteiger partial charge on any atom is -0.469 e. The van der Waals surface area contributed by atoms with Crippen LogP contribution in [0.25, 0.3) is 0 Å². The van der Waals surface area contributed by atoms with E-state index in [1.165, 1.54) is 11.3 Å². The summed E-state index contributed by atoms with van der Waals surface area (Å²) in [6.45, 7) is 3.06. The van der Waals surface area contributed by atoms with Crippen molar-refractivity contribution in [3.63, 3.8) is 0 Å². The monoisotopic (exact) mass is 181 g/mol. The highest BCUT2D eigenvalue weighted by molar-refractivity contribution is 5.94. The Balaban J connectivity index is 2.17. The van der Waals surface area contributed by atoms with E-state index in [1.807, 2.05) is 0 Å². The lowest BCUT2D eigenvalue weighted by Gasteiger charge is -2.12. The Morgan fingerprint density at radius 1 is 1.62 bits per heavy atom. The van der Waals surface area contributed by atoms with Crippen molar-refractivity contribution in [3.8, 4) is 0 Å². The second-order valence-electron chi connectivity index (χ2n) is 2.98. The average Bonchev–Trinajstić information content (AvgIpc) is 2.72. The number of furan rings is 1. The third-order valence-corrected chi connectivity index (χ3v) is 2.07. The van der Waals surface area contributed by atoms with E-state index in [2.05, 4.69) is 0 Å². The van der Waals surface area contributed by atoms with Crippen LogP contribution in [0, 0.1) is 6.92 Å². The second kappa shape index (κ2) is 3.22. The normalized spacial score (nSPS) is 16.5. The maximum Gasteiger partial charge on any atom is 0.280 e. The highest BCUT2D eigenvalue weighted by atomic mass is 16.7. The zero-order chi connectivity index (χ0) is 9.26. The number of amides is 1. The summed E-state index contributed by atoms with van der Waals surface area (Å²) in [7, 11) is 0. The number of hydrogen-bond acceptors (Lipinski definition) is 3. The summed E-state index contributed by atoms with van der Waals surface area (Å²) in [5.41, 5.74) is 0.585. The molecule has 1 fully saturated rings. The van der Waals surface area contributed by atoms with Crippen molar-refractivity contribution in [2.45, 2.75) is 13.3 Å². The fourth-order valence-electron chi connectivity index (χ4n) is 1.35. The first-order chi connectivity index (χ1) is 6.29. The van der Waals surface area contributed by atoms with Crippen LogP contribution in [0.3, 0.4) is 0 Å². The second-order valence-corrected chi connectivity index (χ2v) is 2.98. The van der Waals surface area contributed by atoms with Gasteiger partial charge in [-0.25, -0.2) is 5.06 Å². The molecule has 70 valence electrons. The van der Waals surface area contributed by atoms with Gasteiger partial charge in [0.05, 0.1) is 25.0 Å². The first kappa shape index (κ1) is 8.31. The number of hydroxylamine groups is 2. The quantitative estimate of drug-likeness (QED) is 0.657. The molecule has 0 spiro atoms. The standard InChI is InChI=1S/C9H11NO3/c1-7-8(3-6-12-7)9(11)10-4-2-5-13-10/h3,6H,2,4-5H2,1H3. The Kier molecular flexibility index (Phi) is 2.06. The molecule has 1 amide bonds. The van der Waals surface area contributed by atoms with Crippen molar-refractivity contribution in [2.75, 3.05) is 13.2 Å². The zero-order valence-electron chi connectivity index (χ0n) is 7.45. The SMILES string of the molecule is Cc1occc1C(=O)N1CCCO1. The lowest BCUT2D eigenvalue weighted by atomic mass is 10.2.